The number of halogens is 1. The molecule has 0 saturated heterocycles. The second kappa shape index (κ2) is 6.61. The lowest BCUT2D eigenvalue weighted by Gasteiger charge is -2.04. The maximum absolute atomic E-state index is 11.8. The van der Waals surface area contributed by atoms with E-state index in [0.717, 1.165) is 11.6 Å². The van der Waals surface area contributed by atoms with Gasteiger partial charge in [-0.1, -0.05) is 11.6 Å². The Labute approximate surface area is 105 Å². The molecule has 0 spiro atoms. The predicted molar refractivity (Wildman–Crippen MR) is 71.1 cm³/mol. The van der Waals surface area contributed by atoms with Gasteiger partial charge in [0.25, 0.3) is 0 Å². The minimum Gasteiger partial charge on any atom is -0.380 e. The SMILES string of the molecule is CCNC(=CC(=O)c1ccc(Cl)cc1)SC. The topological polar surface area (TPSA) is 29.1 Å². The molecule has 0 fully saturated rings. The van der Waals surface area contributed by atoms with Crippen LogP contribution in [0.5, 0.6) is 0 Å². The van der Waals surface area contributed by atoms with E-state index in [1.165, 1.54) is 11.8 Å². The van der Waals surface area contributed by atoms with Crippen molar-refractivity contribution < 1.29 is 4.79 Å². The Morgan fingerprint density at radius 3 is 2.56 bits per heavy atom. The van der Waals surface area contributed by atoms with Gasteiger partial charge >= 0.3 is 0 Å². The summed E-state index contributed by atoms with van der Waals surface area (Å²) < 4.78 is 0. The van der Waals surface area contributed by atoms with Gasteiger partial charge in [-0.15, -0.1) is 11.8 Å². The molecule has 0 aliphatic carbocycles. The fourth-order valence-corrected chi connectivity index (χ4v) is 1.81. The average molecular weight is 256 g/mol. The lowest BCUT2D eigenvalue weighted by molar-refractivity contribution is 0.104. The molecule has 4 heteroatoms. The van der Waals surface area contributed by atoms with Crippen LogP contribution in [0.15, 0.2) is 35.4 Å². The molecule has 1 rings (SSSR count). The second-order valence-electron chi connectivity index (χ2n) is 3.11. The Balaban J connectivity index is 2.81. The summed E-state index contributed by atoms with van der Waals surface area (Å²) in [7, 11) is 0. The number of rotatable bonds is 5. The van der Waals surface area contributed by atoms with Crippen molar-refractivity contribution in [3.05, 3.63) is 46.0 Å². The van der Waals surface area contributed by atoms with E-state index in [2.05, 4.69) is 5.32 Å². The van der Waals surface area contributed by atoms with Crippen LogP contribution in [-0.2, 0) is 0 Å². The van der Waals surface area contributed by atoms with Crippen LogP contribution in [-0.4, -0.2) is 18.6 Å². The Hall–Kier alpha value is -0.930. The van der Waals surface area contributed by atoms with Crippen molar-refractivity contribution in [1.82, 2.24) is 5.32 Å². The van der Waals surface area contributed by atoms with Crippen molar-refractivity contribution in [2.24, 2.45) is 0 Å². The first-order valence-electron chi connectivity index (χ1n) is 4.96. The van der Waals surface area contributed by atoms with Crippen LogP contribution in [0.1, 0.15) is 17.3 Å². The minimum absolute atomic E-state index is 0.0121. The van der Waals surface area contributed by atoms with Crippen LogP contribution in [0.2, 0.25) is 5.02 Å². The molecule has 0 aliphatic rings. The number of nitrogens with one attached hydrogen (secondary N) is 1. The summed E-state index contributed by atoms with van der Waals surface area (Å²) in [6.45, 7) is 2.80. The summed E-state index contributed by atoms with van der Waals surface area (Å²) in [4.78, 5) is 11.8. The molecule has 1 aromatic rings. The van der Waals surface area contributed by atoms with Crippen molar-refractivity contribution in [2.75, 3.05) is 12.8 Å². The first kappa shape index (κ1) is 13.1. The van der Waals surface area contributed by atoms with Gasteiger partial charge in [-0.25, -0.2) is 0 Å². The average Bonchev–Trinajstić information content (AvgIpc) is 2.29. The number of carbonyl (C=O) groups excluding carboxylic acids is 1. The van der Waals surface area contributed by atoms with E-state index < -0.39 is 0 Å². The summed E-state index contributed by atoms with van der Waals surface area (Å²) >= 11 is 7.28. The number of hydrogen-bond acceptors (Lipinski definition) is 3. The minimum atomic E-state index is -0.0121. The van der Waals surface area contributed by atoms with E-state index in [4.69, 9.17) is 11.6 Å². The fraction of sp³-hybridized carbons (Fsp3) is 0.250. The van der Waals surface area contributed by atoms with Gasteiger partial charge in [-0.3, -0.25) is 4.79 Å². The first-order chi connectivity index (χ1) is 7.67. The monoisotopic (exact) mass is 255 g/mol. The van der Waals surface area contributed by atoms with Gasteiger partial charge in [0, 0.05) is 23.2 Å². The molecule has 0 atom stereocenters. The van der Waals surface area contributed by atoms with E-state index in [1.807, 2.05) is 13.2 Å². The van der Waals surface area contributed by atoms with Gasteiger partial charge in [0.15, 0.2) is 5.78 Å². The third-order valence-corrected chi connectivity index (χ3v) is 2.92. The largest absolute Gasteiger partial charge is 0.380 e. The van der Waals surface area contributed by atoms with E-state index in [-0.39, 0.29) is 5.78 Å². The smallest absolute Gasteiger partial charge is 0.188 e. The zero-order valence-corrected chi connectivity index (χ0v) is 10.9. The highest BCUT2D eigenvalue weighted by Gasteiger charge is 2.04. The number of thioether (sulfide) groups is 1. The summed E-state index contributed by atoms with van der Waals surface area (Å²) in [6.07, 6.45) is 3.54. The van der Waals surface area contributed by atoms with E-state index >= 15 is 0 Å². The van der Waals surface area contributed by atoms with Gasteiger partial charge < -0.3 is 5.32 Å². The van der Waals surface area contributed by atoms with E-state index in [9.17, 15) is 4.79 Å². The van der Waals surface area contributed by atoms with Crippen LogP contribution in [0, 0.1) is 0 Å². The summed E-state index contributed by atoms with van der Waals surface area (Å²) in [6, 6.07) is 6.89. The van der Waals surface area contributed by atoms with Crippen LogP contribution in [0.25, 0.3) is 0 Å². The third kappa shape index (κ3) is 3.91. The molecule has 86 valence electrons. The van der Waals surface area contributed by atoms with E-state index in [0.29, 0.717) is 10.6 Å². The molecule has 2 nitrogen and oxygen atoms in total. The molecule has 0 heterocycles. The number of carbonyl (C=O) groups is 1. The highest BCUT2D eigenvalue weighted by atomic mass is 35.5. The predicted octanol–water partition coefficient (Wildman–Crippen LogP) is 3.34. The van der Waals surface area contributed by atoms with Gasteiger partial charge in [0.1, 0.15) is 0 Å². The molecule has 1 N–H and O–H groups in total. The molecule has 1 aromatic carbocycles. The van der Waals surface area contributed by atoms with Crippen molar-refractivity contribution in [3.8, 4) is 0 Å². The molecule has 0 radical (unpaired) electrons. The van der Waals surface area contributed by atoms with Crippen molar-refractivity contribution in [1.29, 1.82) is 0 Å². The number of ketones is 1. The van der Waals surface area contributed by atoms with Crippen LogP contribution < -0.4 is 5.32 Å². The molecule has 0 saturated carbocycles. The van der Waals surface area contributed by atoms with Gasteiger partial charge in [0.2, 0.25) is 0 Å². The van der Waals surface area contributed by atoms with Crippen molar-refractivity contribution in [3.63, 3.8) is 0 Å². The number of allylic oxidation sites excluding steroid dienone is 1. The lowest BCUT2D eigenvalue weighted by Crippen LogP contribution is -2.11. The summed E-state index contributed by atoms with van der Waals surface area (Å²) in [5.74, 6) is -0.0121. The number of hydrogen-bond donors (Lipinski definition) is 1. The highest BCUT2D eigenvalue weighted by molar-refractivity contribution is 8.02. The molecule has 0 aliphatic heterocycles. The van der Waals surface area contributed by atoms with Crippen LogP contribution >= 0.6 is 23.4 Å². The molecule has 0 unspecified atom stereocenters. The molecule has 16 heavy (non-hydrogen) atoms. The second-order valence-corrected chi connectivity index (χ2v) is 4.40. The normalized spacial score (nSPS) is 11.3. The maximum atomic E-state index is 11.8. The molecule has 0 bridgehead atoms. The maximum Gasteiger partial charge on any atom is 0.188 e. The van der Waals surface area contributed by atoms with Crippen molar-refractivity contribution >= 4 is 29.1 Å². The molecule has 0 aromatic heterocycles. The third-order valence-electron chi connectivity index (χ3n) is 1.96. The molecular formula is C12H14ClNOS. The number of benzene rings is 1. The Morgan fingerprint density at radius 2 is 2.06 bits per heavy atom. The van der Waals surface area contributed by atoms with Crippen molar-refractivity contribution in [2.45, 2.75) is 6.92 Å². The summed E-state index contributed by atoms with van der Waals surface area (Å²) in [5.41, 5.74) is 0.647. The highest BCUT2D eigenvalue weighted by Crippen LogP contribution is 2.13. The fourth-order valence-electron chi connectivity index (χ4n) is 1.17. The van der Waals surface area contributed by atoms with Gasteiger partial charge in [0.05, 0.1) is 5.03 Å². The van der Waals surface area contributed by atoms with Gasteiger partial charge in [-0.05, 0) is 37.4 Å². The van der Waals surface area contributed by atoms with Crippen LogP contribution in [0.3, 0.4) is 0 Å². The Morgan fingerprint density at radius 1 is 1.44 bits per heavy atom. The molecular weight excluding hydrogens is 242 g/mol. The lowest BCUT2D eigenvalue weighted by atomic mass is 10.1. The first-order valence-corrected chi connectivity index (χ1v) is 6.57. The summed E-state index contributed by atoms with van der Waals surface area (Å²) in [5, 5.41) is 4.64. The zero-order valence-electron chi connectivity index (χ0n) is 9.29. The standard InChI is InChI=1S/C12H14ClNOS/c1-3-14-12(16-2)8-11(15)9-4-6-10(13)7-5-9/h4-8,14H,3H2,1-2H3. The zero-order chi connectivity index (χ0) is 12.0. The van der Waals surface area contributed by atoms with Gasteiger partial charge in [-0.2, -0.15) is 0 Å². The molecule has 0 amide bonds. The Kier molecular flexibility index (Phi) is 5.43. The quantitative estimate of drug-likeness (QED) is 0.646. The van der Waals surface area contributed by atoms with Crippen LogP contribution in [0.4, 0.5) is 0 Å². The Bertz CT molecular complexity index is 387. The van der Waals surface area contributed by atoms with E-state index in [1.54, 1.807) is 30.3 Å².